The van der Waals surface area contributed by atoms with Crippen molar-refractivity contribution >= 4 is 40.2 Å². The topological polar surface area (TPSA) is 146 Å². The molecule has 0 heterocycles. The number of methoxy groups -OCH3 is 1. The normalized spacial score (nSPS) is 18.3. The van der Waals surface area contributed by atoms with Crippen LogP contribution in [0.1, 0.15) is 30.9 Å². The third-order valence-corrected chi connectivity index (χ3v) is 7.49. The molecule has 3 atom stereocenters. The predicted octanol–water partition coefficient (Wildman–Crippen LogP) is 1.90. The molecule has 10 nitrogen and oxygen atoms in total. The quantitative estimate of drug-likeness (QED) is 0.185. The average Bonchev–Trinajstić information content (AvgIpc) is 2.97. The van der Waals surface area contributed by atoms with Gasteiger partial charge in [-0.25, -0.2) is 4.39 Å². The Labute approximate surface area is 251 Å². The van der Waals surface area contributed by atoms with Gasteiger partial charge in [0.15, 0.2) is 11.5 Å². The summed E-state index contributed by atoms with van der Waals surface area (Å²) in [4.78, 5) is 40.1. The van der Waals surface area contributed by atoms with Crippen molar-refractivity contribution in [3.8, 4) is 11.5 Å². The van der Waals surface area contributed by atoms with Crippen LogP contribution in [-0.4, -0.2) is 82.9 Å². The number of benzene rings is 2. The number of halogens is 2. The summed E-state index contributed by atoms with van der Waals surface area (Å²) in [6.07, 6.45) is -1.04. The molecule has 0 fully saturated rings. The predicted molar refractivity (Wildman–Crippen MR) is 156 cm³/mol. The van der Waals surface area contributed by atoms with Crippen LogP contribution in [0.2, 0.25) is 0 Å². The molecule has 1 aliphatic carbocycles. The highest BCUT2D eigenvalue weighted by molar-refractivity contribution is 14.1. The summed E-state index contributed by atoms with van der Waals surface area (Å²) in [5.74, 6) is -1.94. The van der Waals surface area contributed by atoms with Gasteiger partial charge in [0, 0.05) is 31.5 Å². The second kappa shape index (κ2) is 15.2. The Balaban J connectivity index is 2.02. The molecule has 2 amide bonds. The van der Waals surface area contributed by atoms with Crippen molar-refractivity contribution < 1.29 is 43.6 Å². The lowest BCUT2D eigenvalue weighted by Crippen LogP contribution is -2.56. The van der Waals surface area contributed by atoms with Crippen molar-refractivity contribution in [2.45, 2.75) is 51.0 Å². The number of carbonyl (C=O) groups excluding carboxylic acids is 3. The summed E-state index contributed by atoms with van der Waals surface area (Å²) in [6, 6.07) is 8.06. The second-order valence-electron chi connectivity index (χ2n) is 9.44. The van der Waals surface area contributed by atoms with Gasteiger partial charge in [-0.1, -0.05) is 19.1 Å². The third kappa shape index (κ3) is 8.24. The number of Topliss-reactive ketones (excluding diaryl/α,β-unsaturated/α-hetero) is 1. The molecular formula is C29H34FIN2O8. The zero-order valence-corrected chi connectivity index (χ0v) is 25.0. The standard InChI is InChI=1S/C29H34FIN2O8/c1-3-23(36)29(39)33(9-7-17-5-4-6-20(30)11-17)22-14-19(28(38)32-8-10-34)15-24(26(22)37)41-27-21(31)12-18(16-35)13-25(27)40-2/h4-6,11-13,15,22,24,26,34-35,37H,3,7-10,14,16H2,1-2H3,(H,32,38). The van der Waals surface area contributed by atoms with Gasteiger partial charge >= 0.3 is 0 Å². The largest absolute Gasteiger partial charge is 0.493 e. The van der Waals surface area contributed by atoms with E-state index in [0.29, 0.717) is 14.7 Å². The number of ketones is 1. The zero-order valence-electron chi connectivity index (χ0n) is 22.8. The molecule has 0 saturated carbocycles. The average molecular weight is 684 g/mol. The summed E-state index contributed by atoms with van der Waals surface area (Å²) in [5, 5.41) is 32.9. The highest BCUT2D eigenvalue weighted by Gasteiger charge is 2.41. The van der Waals surface area contributed by atoms with E-state index in [-0.39, 0.29) is 62.6 Å². The molecule has 0 spiro atoms. The van der Waals surface area contributed by atoms with Crippen molar-refractivity contribution in [1.82, 2.24) is 10.2 Å². The zero-order chi connectivity index (χ0) is 30.1. The number of aliphatic hydroxyl groups excluding tert-OH is 3. The molecule has 2 aromatic rings. The van der Waals surface area contributed by atoms with Crippen molar-refractivity contribution in [3.05, 3.63) is 68.6 Å². The molecule has 0 bridgehead atoms. The Morgan fingerprint density at radius 3 is 2.56 bits per heavy atom. The van der Waals surface area contributed by atoms with Gasteiger partial charge < -0.3 is 35.0 Å². The SMILES string of the molecule is CCC(=O)C(=O)N(CCc1cccc(F)c1)C1CC(C(=O)NCCO)=CC(Oc2c(I)cc(CO)cc2OC)C1O. The van der Waals surface area contributed by atoms with Crippen molar-refractivity contribution in [2.75, 3.05) is 26.8 Å². The van der Waals surface area contributed by atoms with E-state index >= 15 is 0 Å². The number of nitrogens with zero attached hydrogens (tertiary/aromatic N) is 1. The first-order chi connectivity index (χ1) is 19.6. The number of aliphatic hydroxyl groups is 3. The molecule has 12 heteroatoms. The monoisotopic (exact) mass is 684 g/mol. The fourth-order valence-electron chi connectivity index (χ4n) is 4.57. The Kier molecular flexibility index (Phi) is 12.1. The van der Waals surface area contributed by atoms with Crippen LogP contribution >= 0.6 is 22.6 Å². The molecular weight excluding hydrogens is 650 g/mol. The number of nitrogens with one attached hydrogen (secondary N) is 1. The maximum Gasteiger partial charge on any atom is 0.290 e. The van der Waals surface area contributed by atoms with Crippen LogP contribution in [-0.2, 0) is 27.4 Å². The number of carbonyl (C=O) groups is 3. The van der Waals surface area contributed by atoms with E-state index in [0.717, 1.165) is 0 Å². The van der Waals surface area contributed by atoms with Gasteiger partial charge in [-0.3, -0.25) is 14.4 Å². The summed E-state index contributed by atoms with van der Waals surface area (Å²) in [5.41, 5.74) is 1.35. The number of hydrogen-bond donors (Lipinski definition) is 4. The number of amides is 2. The maximum atomic E-state index is 13.8. The van der Waals surface area contributed by atoms with Crippen molar-refractivity contribution in [1.29, 1.82) is 0 Å². The van der Waals surface area contributed by atoms with E-state index in [9.17, 15) is 34.1 Å². The highest BCUT2D eigenvalue weighted by atomic mass is 127. The van der Waals surface area contributed by atoms with Gasteiger partial charge in [-0.05, 0) is 70.5 Å². The lowest BCUT2D eigenvalue weighted by atomic mass is 9.87. The fourth-order valence-corrected chi connectivity index (χ4v) is 5.36. The molecule has 0 aromatic heterocycles. The van der Waals surface area contributed by atoms with Crippen LogP contribution < -0.4 is 14.8 Å². The van der Waals surface area contributed by atoms with E-state index in [2.05, 4.69) is 5.32 Å². The molecule has 3 unspecified atom stereocenters. The molecule has 2 aromatic carbocycles. The maximum absolute atomic E-state index is 13.8. The van der Waals surface area contributed by atoms with E-state index < -0.39 is 41.7 Å². The van der Waals surface area contributed by atoms with E-state index in [1.807, 2.05) is 22.6 Å². The van der Waals surface area contributed by atoms with Gasteiger partial charge in [0.05, 0.1) is 29.9 Å². The van der Waals surface area contributed by atoms with Crippen LogP contribution in [0, 0.1) is 9.39 Å². The van der Waals surface area contributed by atoms with Crippen LogP contribution in [0.3, 0.4) is 0 Å². The Morgan fingerprint density at radius 1 is 1.17 bits per heavy atom. The molecule has 0 radical (unpaired) electrons. The smallest absolute Gasteiger partial charge is 0.290 e. The molecule has 0 saturated heterocycles. The van der Waals surface area contributed by atoms with E-state index in [4.69, 9.17) is 9.47 Å². The Morgan fingerprint density at radius 2 is 1.93 bits per heavy atom. The third-order valence-electron chi connectivity index (χ3n) is 6.69. The van der Waals surface area contributed by atoms with Gasteiger partial charge in [0.25, 0.3) is 5.91 Å². The summed E-state index contributed by atoms with van der Waals surface area (Å²) >= 11 is 2.00. The fraction of sp³-hybridized carbons (Fsp3) is 0.414. The van der Waals surface area contributed by atoms with Gasteiger partial charge in [0.2, 0.25) is 11.7 Å². The van der Waals surface area contributed by atoms with Crippen LogP contribution in [0.5, 0.6) is 11.5 Å². The second-order valence-corrected chi connectivity index (χ2v) is 10.6. The first kappa shape index (κ1) is 32.4. The lowest BCUT2D eigenvalue weighted by Gasteiger charge is -2.40. The lowest BCUT2D eigenvalue weighted by molar-refractivity contribution is -0.149. The van der Waals surface area contributed by atoms with Crippen LogP contribution in [0.25, 0.3) is 0 Å². The highest BCUT2D eigenvalue weighted by Crippen LogP contribution is 2.37. The van der Waals surface area contributed by atoms with E-state index in [1.54, 1.807) is 25.1 Å². The minimum atomic E-state index is -1.37. The van der Waals surface area contributed by atoms with Crippen LogP contribution in [0.4, 0.5) is 4.39 Å². The number of hydrogen-bond acceptors (Lipinski definition) is 8. The Bertz CT molecular complexity index is 1290. The summed E-state index contributed by atoms with van der Waals surface area (Å²) in [7, 11) is 1.42. The Hall–Kier alpha value is -3.07. The molecule has 1 aliphatic rings. The first-order valence-corrected chi connectivity index (χ1v) is 14.2. The van der Waals surface area contributed by atoms with Crippen molar-refractivity contribution in [3.63, 3.8) is 0 Å². The number of ether oxygens (including phenoxy) is 2. The molecule has 41 heavy (non-hydrogen) atoms. The number of rotatable bonds is 13. The molecule has 0 aliphatic heterocycles. The molecule has 4 N–H and O–H groups in total. The minimum Gasteiger partial charge on any atom is -0.493 e. The van der Waals surface area contributed by atoms with Gasteiger partial charge in [-0.15, -0.1) is 0 Å². The van der Waals surface area contributed by atoms with E-state index in [1.165, 1.54) is 36.3 Å². The summed E-state index contributed by atoms with van der Waals surface area (Å²) < 4.78 is 26.0. The van der Waals surface area contributed by atoms with Gasteiger partial charge in [-0.2, -0.15) is 0 Å². The van der Waals surface area contributed by atoms with Crippen molar-refractivity contribution in [2.24, 2.45) is 0 Å². The molecule has 3 rings (SSSR count). The van der Waals surface area contributed by atoms with Gasteiger partial charge in [0.1, 0.15) is 18.0 Å². The summed E-state index contributed by atoms with van der Waals surface area (Å²) in [6.45, 7) is 0.983. The van der Waals surface area contributed by atoms with Crippen LogP contribution in [0.15, 0.2) is 48.0 Å². The first-order valence-electron chi connectivity index (χ1n) is 13.1. The molecule has 222 valence electrons. The minimum absolute atomic E-state index is 0.0141.